The Morgan fingerprint density at radius 3 is 2.42 bits per heavy atom. The molecule has 1 atom stereocenters. The van der Waals surface area contributed by atoms with E-state index < -0.39 is 20.4 Å². The molecule has 0 fully saturated rings. The van der Waals surface area contributed by atoms with Gasteiger partial charge in [-0.1, -0.05) is 93.0 Å². The average molecular weight is 570 g/mol. The zero-order valence-electron chi connectivity index (χ0n) is 23.8. The molecule has 3 aromatic carbocycles. The molecule has 6 heteroatoms. The maximum absolute atomic E-state index is 12.3. The molecule has 4 nitrogen and oxygen atoms in total. The zero-order valence-corrected chi connectivity index (χ0v) is 25.7. The third-order valence-electron chi connectivity index (χ3n) is 7.26. The number of rotatable bonds is 10. The van der Waals surface area contributed by atoms with Crippen molar-refractivity contribution in [2.24, 2.45) is 5.41 Å². The standard InChI is InChI=1S/C34H36ClNO3Si/c1-33(2,3)34(39-40(4)5,20-19-25-10-6-7-12-30(25)32(38)23-37)27-11-8-9-24(21-27)13-17-29-18-15-26-14-16-28(35)22-31(26)36-29/h6-18,21-23,40H,19-20H2,1-5H3/t34-/m1/s1. The second kappa shape index (κ2) is 12.4. The zero-order chi connectivity index (χ0) is 28.9. The molecule has 1 aromatic heterocycles. The fraction of sp³-hybridized carbons (Fsp3) is 0.265. The van der Waals surface area contributed by atoms with Gasteiger partial charge in [-0.25, -0.2) is 4.98 Å². The first kappa shape index (κ1) is 29.6. The van der Waals surface area contributed by atoms with Gasteiger partial charge in [0.2, 0.25) is 5.78 Å². The summed E-state index contributed by atoms with van der Waals surface area (Å²) in [5.74, 6) is -0.493. The van der Waals surface area contributed by atoms with Crippen LogP contribution in [0, 0.1) is 5.41 Å². The van der Waals surface area contributed by atoms with E-state index in [0.29, 0.717) is 29.7 Å². The summed E-state index contributed by atoms with van der Waals surface area (Å²) in [6.07, 6.45) is 5.75. The second-order valence-corrected chi connectivity index (χ2v) is 14.2. The monoisotopic (exact) mass is 569 g/mol. The highest BCUT2D eigenvalue weighted by molar-refractivity contribution is 6.48. The summed E-state index contributed by atoms with van der Waals surface area (Å²) in [4.78, 5) is 28.3. The SMILES string of the molecule is C[SiH](C)O[C@](CCc1ccccc1C(=O)C=O)(c1cccc(C=Cc2ccc3ccc(Cl)cc3n2)c1)C(C)(C)C. The van der Waals surface area contributed by atoms with Crippen molar-refractivity contribution in [3.05, 3.63) is 112 Å². The molecular weight excluding hydrogens is 534 g/mol. The van der Waals surface area contributed by atoms with Crippen LogP contribution in [0.15, 0.2) is 78.9 Å². The number of halogens is 1. The van der Waals surface area contributed by atoms with E-state index in [1.165, 1.54) is 0 Å². The van der Waals surface area contributed by atoms with Crippen molar-refractivity contribution in [2.45, 2.75) is 52.3 Å². The van der Waals surface area contributed by atoms with Crippen molar-refractivity contribution in [1.82, 2.24) is 4.98 Å². The van der Waals surface area contributed by atoms with E-state index in [1.54, 1.807) is 12.1 Å². The van der Waals surface area contributed by atoms with Crippen LogP contribution in [0.3, 0.4) is 0 Å². The van der Waals surface area contributed by atoms with E-state index in [-0.39, 0.29) is 5.41 Å². The number of aromatic nitrogens is 1. The second-order valence-electron chi connectivity index (χ2n) is 11.4. The summed E-state index contributed by atoms with van der Waals surface area (Å²) in [6, 6.07) is 25.6. The first-order chi connectivity index (χ1) is 19.0. The number of Topliss-reactive ketones (excluding diaryl/α,β-unsaturated/α-hetero) is 1. The molecule has 0 saturated heterocycles. The molecule has 0 N–H and O–H groups in total. The Labute approximate surface area is 243 Å². The fourth-order valence-electron chi connectivity index (χ4n) is 5.29. The van der Waals surface area contributed by atoms with Crippen molar-refractivity contribution in [2.75, 3.05) is 0 Å². The van der Waals surface area contributed by atoms with Crippen LogP contribution in [-0.4, -0.2) is 26.1 Å². The van der Waals surface area contributed by atoms with Crippen LogP contribution >= 0.6 is 11.6 Å². The van der Waals surface area contributed by atoms with E-state index in [4.69, 9.17) is 21.0 Å². The topological polar surface area (TPSA) is 56.3 Å². The molecule has 0 aliphatic carbocycles. The molecule has 4 aromatic rings. The smallest absolute Gasteiger partial charge is 0.225 e. The lowest BCUT2D eigenvalue weighted by Crippen LogP contribution is -2.46. The van der Waals surface area contributed by atoms with Gasteiger partial charge in [0.1, 0.15) is 0 Å². The van der Waals surface area contributed by atoms with Crippen molar-refractivity contribution in [3.8, 4) is 0 Å². The highest BCUT2D eigenvalue weighted by Crippen LogP contribution is 2.47. The van der Waals surface area contributed by atoms with Crippen molar-refractivity contribution in [1.29, 1.82) is 0 Å². The molecule has 0 aliphatic rings. The van der Waals surface area contributed by atoms with Gasteiger partial charge in [-0.2, -0.15) is 0 Å². The summed E-state index contributed by atoms with van der Waals surface area (Å²) < 4.78 is 6.95. The van der Waals surface area contributed by atoms with Gasteiger partial charge in [0, 0.05) is 16.0 Å². The normalized spacial score (nSPS) is 13.6. The van der Waals surface area contributed by atoms with Gasteiger partial charge in [0.25, 0.3) is 0 Å². The Morgan fingerprint density at radius 2 is 1.70 bits per heavy atom. The van der Waals surface area contributed by atoms with E-state index in [2.05, 4.69) is 64.2 Å². The molecule has 0 amide bonds. The Balaban J connectivity index is 1.71. The molecule has 206 valence electrons. The lowest BCUT2D eigenvalue weighted by molar-refractivity contribution is -0.104. The Hall–Kier alpha value is -3.38. The van der Waals surface area contributed by atoms with E-state index in [9.17, 15) is 9.59 Å². The maximum Gasteiger partial charge on any atom is 0.225 e. The van der Waals surface area contributed by atoms with Gasteiger partial charge in [0.15, 0.2) is 15.3 Å². The van der Waals surface area contributed by atoms with Gasteiger partial charge in [0.05, 0.1) is 16.8 Å². The molecule has 0 spiro atoms. The Morgan fingerprint density at radius 1 is 0.950 bits per heavy atom. The van der Waals surface area contributed by atoms with Crippen LogP contribution in [0.1, 0.15) is 59.9 Å². The lowest BCUT2D eigenvalue weighted by atomic mass is 9.69. The number of ketones is 1. The molecule has 0 aliphatic heterocycles. The van der Waals surface area contributed by atoms with Crippen molar-refractivity contribution in [3.63, 3.8) is 0 Å². The quantitative estimate of drug-likeness (QED) is 0.0833. The number of carbonyl (C=O) groups is 2. The average Bonchev–Trinajstić information content (AvgIpc) is 2.93. The fourth-order valence-corrected chi connectivity index (χ4v) is 6.86. The highest BCUT2D eigenvalue weighted by atomic mass is 35.5. The van der Waals surface area contributed by atoms with Gasteiger partial charge in [-0.3, -0.25) is 9.59 Å². The number of hydrogen-bond acceptors (Lipinski definition) is 4. The molecule has 0 saturated carbocycles. The molecule has 0 radical (unpaired) electrons. The number of hydrogen-bond donors (Lipinski definition) is 0. The van der Waals surface area contributed by atoms with Crippen molar-refractivity contribution < 1.29 is 14.0 Å². The Bertz CT molecular complexity index is 1560. The van der Waals surface area contributed by atoms with Crippen LogP contribution in [-0.2, 0) is 21.2 Å². The molecule has 1 heterocycles. The van der Waals surface area contributed by atoms with Gasteiger partial charge >= 0.3 is 0 Å². The van der Waals surface area contributed by atoms with Crippen LogP contribution in [0.2, 0.25) is 18.1 Å². The number of aryl methyl sites for hydroxylation is 1. The summed E-state index contributed by atoms with van der Waals surface area (Å²) in [5.41, 5.74) is 4.35. The minimum atomic E-state index is -1.50. The van der Waals surface area contributed by atoms with Gasteiger partial charge < -0.3 is 4.43 Å². The van der Waals surface area contributed by atoms with Crippen molar-refractivity contribution >= 4 is 55.8 Å². The third kappa shape index (κ3) is 6.66. The summed E-state index contributed by atoms with van der Waals surface area (Å²) in [6.45, 7) is 11.0. The van der Waals surface area contributed by atoms with Crippen LogP contribution in [0.4, 0.5) is 0 Å². The lowest BCUT2D eigenvalue weighted by Gasteiger charge is -2.47. The van der Waals surface area contributed by atoms with Gasteiger partial charge in [-0.05, 0) is 78.4 Å². The minimum Gasteiger partial charge on any atom is -0.411 e. The molecular formula is C34H36ClNO3Si. The molecule has 40 heavy (non-hydrogen) atoms. The number of benzene rings is 3. The van der Waals surface area contributed by atoms with E-state index >= 15 is 0 Å². The Kier molecular flexibility index (Phi) is 9.19. The van der Waals surface area contributed by atoms with Gasteiger partial charge in [-0.15, -0.1) is 0 Å². The van der Waals surface area contributed by atoms with Crippen LogP contribution in [0.25, 0.3) is 23.1 Å². The maximum atomic E-state index is 12.3. The molecule has 4 rings (SSSR count). The predicted octanol–water partition coefficient (Wildman–Crippen LogP) is 8.31. The number of carbonyl (C=O) groups excluding carboxylic acids is 2. The van der Waals surface area contributed by atoms with Crippen LogP contribution < -0.4 is 0 Å². The number of aldehydes is 1. The summed E-state index contributed by atoms with van der Waals surface area (Å²) >= 11 is 6.17. The van der Waals surface area contributed by atoms with E-state index in [1.807, 2.05) is 48.5 Å². The molecule has 0 bridgehead atoms. The first-order valence-corrected chi connectivity index (χ1v) is 16.8. The summed E-state index contributed by atoms with van der Waals surface area (Å²) in [7, 11) is -1.50. The molecule has 0 unspecified atom stereocenters. The number of pyridine rings is 1. The number of nitrogens with zero attached hydrogens (tertiary/aromatic N) is 1. The third-order valence-corrected chi connectivity index (χ3v) is 8.37. The van der Waals surface area contributed by atoms with Crippen LogP contribution in [0.5, 0.6) is 0 Å². The number of fused-ring (bicyclic) bond motifs is 1. The predicted molar refractivity (Wildman–Crippen MR) is 168 cm³/mol. The minimum absolute atomic E-state index is 0.241. The van der Waals surface area contributed by atoms with E-state index in [0.717, 1.165) is 33.3 Å². The first-order valence-electron chi connectivity index (χ1n) is 13.6. The highest BCUT2D eigenvalue weighted by Gasteiger charge is 2.44. The summed E-state index contributed by atoms with van der Waals surface area (Å²) in [5, 5.41) is 1.71. The largest absolute Gasteiger partial charge is 0.411 e.